The number of carbonyl (C=O) groups is 1. The van der Waals surface area contributed by atoms with Gasteiger partial charge in [0.05, 0.1) is 5.52 Å². The van der Waals surface area contributed by atoms with E-state index in [9.17, 15) is 9.00 Å². The quantitative estimate of drug-likeness (QED) is 0.896. The van der Waals surface area contributed by atoms with Crippen LogP contribution in [0.25, 0.3) is 10.9 Å². The molecule has 0 aliphatic carbocycles. The number of hydrogen-bond acceptors (Lipinski definition) is 5. The Balaban J connectivity index is 1.96. The minimum Gasteiger partial charge on any atom is -0.475 e. The summed E-state index contributed by atoms with van der Waals surface area (Å²) in [5, 5.41) is 13.2. The van der Waals surface area contributed by atoms with Crippen molar-refractivity contribution in [2.24, 2.45) is 0 Å². The topological polar surface area (TPSA) is 92.2 Å². The van der Waals surface area contributed by atoms with Crippen molar-refractivity contribution in [3.05, 3.63) is 30.1 Å². The van der Waals surface area contributed by atoms with E-state index in [2.05, 4.69) is 15.3 Å². The van der Waals surface area contributed by atoms with Gasteiger partial charge in [0.15, 0.2) is 0 Å². The lowest BCUT2D eigenvalue weighted by Crippen LogP contribution is -2.30. The summed E-state index contributed by atoms with van der Waals surface area (Å²) in [6.07, 6.45) is 1.60. The molecule has 0 spiro atoms. The molecule has 0 amide bonds. The number of rotatable bonds is 3. The second-order valence-corrected chi connectivity index (χ2v) is 6.68. The molecule has 3 rings (SSSR count). The van der Waals surface area contributed by atoms with Gasteiger partial charge in [0.25, 0.3) is 0 Å². The first-order valence-corrected chi connectivity index (χ1v) is 8.24. The maximum Gasteiger partial charge on any atom is 0.374 e. The van der Waals surface area contributed by atoms with E-state index in [1.807, 2.05) is 18.2 Å². The summed E-state index contributed by atoms with van der Waals surface area (Å²) in [5.41, 5.74) is 0.604. The van der Waals surface area contributed by atoms with Crippen LogP contribution in [0, 0.1) is 0 Å². The largest absolute Gasteiger partial charge is 0.475 e. The van der Waals surface area contributed by atoms with Crippen molar-refractivity contribution < 1.29 is 14.1 Å². The molecular weight excluding hydrogens is 290 g/mol. The van der Waals surface area contributed by atoms with Gasteiger partial charge in [-0.15, -0.1) is 0 Å². The Labute approximate surface area is 124 Å². The van der Waals surface area contributed by atoms with Crippen LogP contribution in [0.15, 0.2) is 24.3 Å². The van der Waals surface area contributed by atoms with E-state index < -0.39 is 16.8 Å². The van der Waals surface area contributed by atoms with E-state index in [1.165, 1.54) is 0 Å². The Morgan fingerprint density at radius 1 is 1.24 bits per heavy atom. The molecule has 1 aliphatic rings. The van der Waals surface area contributed by atoms with Crippen LogP contribution < -0.4 is 5.32 Å². The fourth-order valence-corrected chi connectivity index (χ4v) is 3.71. The number of hydrogen-bond donors (Lipinski definition) is 2. The third-order valence-corrected chi connectivity index (χ3v) is 4.91. The highest BCUT2D eigenvalue weighted by molar-refractivity contribution is 7.85. The van der Waals surface area contributed by atoms with Crippen molar-refractivity contribution in [1.82, 2.24) is 9.97 Å². The van der Waals surface area contributed by atoms with Crippen molar-refractivity contribution >= 4 is 33.5 Å². The zero-order valence-corrected chi connectivity index (χ0v) is 12.1. The smallest absolute Gasteiger partial charge is 0.374 e. The second kappa shape index (κ2) is 5.77. The van der Waals surface area contributed by atoms with Gasteiger partial charge >= 0.3 is 5.97 Å². The first-order chi connectivity index (χ1) is 10.1. The molecule has 21 heavy (non-hydrogen) atoms. The maximum absolute atomic E-state index is 11.4. The summed E-state index contributed by atoms with van der Waals surface area (Å²) in [6.45, 7) is 0. The lowest BCUT2D eigenvalue weighted by atomic mass is 10.1. The average Bonchev–Trinajstić information content (AvgIpc) is 2.49. The normalized spacial score (nSPS) is 22.1. The van der Waals surface area contributed by atoms with Crippen LogP contribution in [-0.2, 0) is 10.8 Å². The van der Waals surface area contributed by atoms with Crippen molar-refractivity contribution in [3.63, 3.8) is 0 Å². The highest BCUT2D eigenvalue weighted by Crippen LogP contribution is 2.23. The first kappa shape index (κ1) is 13.9. The van der Waals surface area contributed by atoms with Crippen molar-refractivity contribution in [2.75, 3.05) is 16.8 Å². The number of anilines is 1. The van der Waals surface area contributed by atoms with E-state index in [0.717, 1.165) is 18.2 Å². The SMILES string of the molecule is O=C(O)c1nc(NC2CCS(=O)CC2)c2ccccc2n1. The molecule has 0 radical (unpaired) electrons. The third-order valence-electron chi connectivity index (χ3n) is 3.52. The van der Waals surface area contributed by atoms with Crippen molar-refractivity contribution in [2.45, 2.75) is 18.9 Å². The fraction of sp³-hybridized carbons (Fsp3) is 0.357. The van der Waals surface area contributed by atoms with Gasteiger partial charge < -0.3 is 10.4 Å². The molecule has 0 saturated carbocycles. The summed E-state index contributed by atoms with van der Waals surface area (Å²) < 4.78 is 11.4. The van der Waals surface area contributed by atoms with E-state index in [0.29, 0.717) is 22.8 Å². The standard InChI is InChI=1S/C14H15N3O3S/c18-14(19)13-16-11-4-2-1-3-10(11)12(17-13)15-9-5-7-21(20)8-6-9/h1-4,9H,5-8H2,(H,18,19)(H,15,16,17). The first-order valence-electron chi connectivity index (χ1n) is 6.75. The van der Waals surface area contributed by atoms with Crippen molar-refractivity contribution in [3.8, 4) is 0 Å². The number of carboxylic acids is 1. The molecule has 2 aromatic rings. The van der Waals surface area contributed by atoms with E-state index >= 15 is 0 Å². The molecule has 7 heteroatoms. The fourth-order valence-electron chi connectivity index (χ4n) is 2.41. The molecule has 2 heterocycles. The van der Waals surface area contributed by atoms with E-state index in [1.54, 1.807) is 6.07 Å². The lowest BCUT2D eigenvalue weighted by Gasteiger charge is -2.23. The summed E-state index contributed by atoms with van der Waals surface area (Å²) in [7, 11) is -0.725. The average molecular weight is 305 g/mol. The van der Waals surface area contributed by atoms with Gasteiger partial charge in [-0.25, -0.2) is 14.8 Å². The summed E-state index contributed by atoms with van der Waals surface area (Å²) >= 11 is 0. The molecule has 1 saturated heterocycles. The molecule has 1 fully saturated rings. The van der Waals surface area contributed by atoms with E-state index in [4.69, 9.17) is 5.11 Å². The minimum atomic E-state index is -1.14. The molecule has 110 valence electrons. The van der Waals surface area contributed by atoms with Crippen molar-refractivity contribution in [1.29, 1.82) is 0 Å². The van der Waals surface area contributed by atoms with Gasteiger partial charge in [-0.2, -0.15) is 0 Å². The van der Waals surface area contributed by atoms with Gasteiger partial charge in [0, 0.05) is 33.7 Å². The van der Waals surface area contributed by atoms with Crippen LogP contribution in [0.3, 0.4) is 0 Å². The van der Waals surface area contributed by atoms with E-state index in [-0.39, 0.29) is 11.9 Å². The Bertz CT molecular complexity index is 710. The zero-order chi connectivity index (χ0) is 14.8. The number of aromatic carboxylic acids is 1. The Kier molecular flexibility index (Phi) is 3.83. The van der Waals surface area contributed by atoms with Crippen LogP contribution in [0.4, 0.5) is 5.82 Å². The molecule has 0 unspecified atom stereocenters. The van der Waals surface area contributed by atoms with Gasteiger partial charge in [-0.1, -0.05) is 12.1 Å². The Hall–Kier alpha value is -2.02. The molecule has 6 nitrogen and oxygen atoms in total. The van der Waals surface area contributed by atoms with Crippen LogP contribution in [0.2, 0.25) is 0 Å². The number of benzene rings is 1. The van der Waals surface area contributed by atoms with Gasteiger partial charge in [0.1, 0.15) is 5.82 Å². The maximum atomic E-state index is 11.4. The number of para-hydroxylation sites is 1. The number of fused-ring (bicyclic) bond motifs is 1. The molecule has 1 aliphatic heterocycles. The summed E-state index contributed by atoms with van der Waals surface area (Å²) in [5.74, 6) is 0.527. The molecule has 0 bridgehead atoms. The van der Waals surface area contributed by atoms with Crippen LogP contribution in [-0.4, -0.2) is 42.8 Å². The van der Waals surface area contributed by atoms with Gasteiger partial charge in [-0.3, -0.25) is 4.21 Å². The molecule has 1 aromatic carbocycles. The molecular formula is C14H15N3O3S. The highest BCUT2D eigenvalue weighted by Gasteiger charge is 2.20. The van der Waals surface area contributed by atoms with Gasteiger partial charge in [0.2, 0.25) is 5.82 Å². The summed E-state index contributed by atoms with van der Waals surface area (Å²) in [4.78, 5) is 19.3. The minimum absolute atomic E-state index is 0.169. The summed E-state index contributed by atoms with van der Waals surface area (Å²) in [6, 6.07) is 7.49. The predicted molar refractivity (Wildman–Crippen MR) is 81.0 cm³/mol. The number of aromatic nitrogens is 2. The Morgan fingerprint density at radius 3 is 2.67 bits per heavy atom. The third kappa shape index (κ3) is 3.02. The Morgan fingerprint density at radius 2 is 1.95 bits per heavy atom. The van der Waals surface area contributed by atoms with Crippen LogP contribution in [0.1, 0.15) is 23.5 Å². The van der Waals surface area contributed by atoms with Crippen LogP contribution >= 0.6 is 0 Å². The number of nitrogens with one attached hydrogen (secondary N) is 1. The molecule has 2 N–H and O–H groups in total. The predicted octanol–water partition coefficient (Wildman–Crippen LogP) is 1.65. The van der Waals surface area contributed by atoms with Gasteiger partial charge in [-0.05, 0) is 25.0 Å². The number of carboxylic acid groups (broad SMARTS) is 1. The molecule has 1 aromatic heterocycles. The van der Waals surface area contributed by atoms with Crippen LogP contribution in [0.5, 0.6) is 0 Å². The monoisotopic (exact) mass is 305 g/mol. The highest BCUT2D eigenvalue weighted by atomic mass is 32.2. The lowest BCUT2D eigenvalue weighted by molar-refractivity contribution is 0.0684. The molecule has 0 atom stereocenters. The second-order valence-electron chi connectivity index (χ2n) is 4.98. The zero-order valence-electron chi connectivity index (χ0n) is 11.3. The number of nitrogens with zero attached hydrogens (tertiary/aromatic N) is 2.